The summed E-state index contributed by atoms with van der Waals surface area (Å²) in [7, 11) is 1.62. The summed E-state index contributed by atoms with van der Waals surface area (Å²) in [5.41, 5.74) is 1.57. The minimum atomic E-state index is 0.643. The van der Waals surface area contributed by atoms with Gasteiger partial charge in [-0.3, -0.25) is 4.79 Å². The summed E-state index contributed by atoms with van der Waals surface area (Å²) in [5.74, 6) is 1.40. The first-order chi connectivity index (χ1) is 8.15. The molecule has 0 spiro atoms. The molecular weight excluding hydrogens is 331 g/mol. The highest BCUT2D eigenvalue weighted by Crippen LogP contribution is 2.37. The van der Waals surface area contributed by atoms with Crippen LogP contribution in [-0.4, -0.2) is 20.0 Å². The smallest absolute Gasteiger partial charge is 0.175 e. The summed E-state index contributed by atoms with van der Waals surface area (Å²) in [6.07, 6.45) is 2.91. The van der Waals surface area contributed by atoms with E-state index in [-0.39, 0.29) is 0 Å². The van der Waals surface area contributed by atoms with Crippen LogP contribution in [0.2, 0.25) is 0 Å². The number of ether oxygens (including phenoxy) is 2. The summed E-state index contributed by atoms with van der Waals surface area (Å²) in [5, 5.41) is 0. The van der Waals surface area contributed by atoms with Crippen LogP contribution in [0.3, 0.4) is 0 Å². The van der Waals surface area contributed by atoms with Gasteiger partial charge in [0.25, 0.3) is 0 Å². The lowest BCUT2D eigenvalue weighted by Crippen LogP contribution is -2.04. The van der Waals surface area contributed by atoms with Gasteiger partial charge in [-0.15, -0.1) is 0 Å². The van der Waals surface area contributed by atoms with Crippen molar-refractivity contribution >= 4 is 28.9 Å². The molecule has 94 valence electrons. The number of methoxy groups -OCH3 is 1. The molecule has 0 fully saturated rings. The number of hydrogen-bond donors (Lipinski definition) is 0. The van der Waals surface area contributed by atoms with Gasteiger partial charge >= 0.3 is 0 Å². The molecule has 0 N–H and O–H groups in total. The Morgan fingerprint density at radius 2 is 2.12 bits per heavy atom. The predicted octanol–water partition coefficient (Wildman–Crippen LogP) is 3.60. The van der Waals surface area contributed by atoms with Crippen molar-refractivity contribution in [2.75, 3.05) is 13.7 Å². The van der Waals surface area contributed by atoms with E-state index in [4.69, 9.17) is 9.47 Å². The van der Waals surface area contributed by atoms with Crippen molar-refractivity contribution in [2.24, 2.45) is 0 Å². The van der Waals surface area contributed by atoms with Crippen molar-refractivity contribution in [1.82, 2.24) is 0 Å². The molecule has 1 aromatic carbocycles. The molecule has 0 aromatic heterocycles. The summed E-state index contributed by atoms with van der Waals surface area (Å²) in [6.45, 7) is 4.66. The standard InChI is InChI=1S/C13H17IO3/c1-4-5-6-17-13-11(14)10(8-15)7-9(2)12(13)16-3/h7-8H,4-6H2,1-3H3. The molecule has 0 saturated heterocycles. The number of carbonyl (C=O) groups is 1. The molecule has 0 aliphatic rings. The topological polar surface area (TPSA) is 35.5 Å². The number of halogens is 1. The van der Waals surface area contributed by atoms with Crippen LogP contribution >= 0.6 is 22.6 Å². The summed E-state index contributed by atoms with van der Waals surface area (Å²) >= 11 is 2.12. The first kappa shape index (κ1) is 14.3. The molecule has 0 heterocycles. The Bertz CT molecular complexity index is 402. The maximum atomic E-state index is 11.0. The zero-order chi connectivity index (χ0) is 12.8. The Morgan fingerprint density at radius 3 is 2.65 bits per heavy atom. The molecule has 0 radical (unpaired) electrons. The van der Waals surface area contributed by atoms with E-state index in [1.165, 1.54) is 0 Å². The fourth-order valence-electron chi connectivity index (χ4n) is 1.56. The van der Waals surface area contributed by atoms with Gasteiger partial charge in [-0.25, -0.2) is 0 Å². The Labute approximate surface area is 116 Å². The maximum absolute atomic E-state index is 11.0. The van der Waals surface area contributed by atoms with Crippen LogP contribution in [0, 0.1) is 10.5 Å². The van der Waals surface area contributed by atoms with Crippen molar-refractivity contribution in [3.63, 3.8) is 0 Å². The van der Waals surface area contributed by atoms with Gasteiger partial charge in [-0.1, -0.05) is 13.3 Å². The predicted molar refractivity (Wildman–Crippen MR) is 76.2 cm³/mol. The van der Waals surface area contributed by atoms with Gasteiger partial charge in [0.1, 0.15) is 0 Å². The number of unbranched alkanes of at least 4 members (excludes halogenated alkanes) is 1. The summed E-state index contributed by atoms with van der Waals surface area (Å²) in [6, 6.07) is 1.82. The molecule has 17 heavy (non-hydrogen) atoms. The van der Waals surface area contributed by atoms with E-state index in [9.17, 15) is 4.79 Å². The Morgan fingerprint density at radius 1 is 1.41 bits per heavy atom. The van der Waals surface area contributed by atoms with E-state index in [1.54, 1.807) is 7.11 Å². The van der Waals surface area contributed by atoms with E-state index in [2.05, 4.69) is 29.5 Å². The molecule has 0 amide bonds. The van der Waals surface area contributed by atoms with Gasteiger partial charge in [0.15, 0.2) is 17.8 Å². The van der Waals surface area contributed by atoms with Crippen molar-refractivity contribution in [3.8, 4) is 11.5 Å². The molecule has 0 aliphatic heterocycles. The normalized spacial score (nSPS) is 10.1. The highest BCUT2D eigenvalue weighted by atomic mass is 127. The van der Waals surface area contributed by atoms with E-state index in [0.29, 0.717) is 17.9 Å². The van der Waals surface area contributed by atoms with E-state index < -0.39 is 0 Å². The van der Waals surface area contributed by atoms with Crippen molar-refractivity contribution in [3.05, 3.63) is 20.8 Å². The number of benzene rings is 1. The van der Waals surface area contributed by atoms with Crippen LogP contribution in [0.1, 0.15) is 35.7 Å². The average molecular weight is 348 g/mol. The lowest BCUT2D eigenvalue weighted by atomic mass is 10.1. The van der Waals surface area contributed by atoms with Gasteiger partial charge in [0.2, 0.25) is 0 Å². The number of rotatable bonds is 6. The van der Waals surface area contributed by atoms with Gasteiger partial charge in [0, 0.05) is 5.56 Å². The van der Waals surface area contributed by atoms with Gasteiger partial charge < -0.3 is 9.47 Å². The maximum Gasteiger partial charge on any atom is 0.175 e. The third-order valence-electron chi connectivity index (χ3n) is 2.46. The van der Waals surface area contributed by atoms with E-state index in [1.807, 2.05) is 13.0 Å². The lowest BCUT2D eigenvalue weighted by molar-refractivity contribution is 0.112. The summed E-state index contributed by atoms with van der Waals surface area (Å²) in [4.78, 5) is 11.0. The quantitative estimate of drug-likeness (QED) is 0.448. The third-order valence-corrected chi connectivity index (χ3v) is 3.58. The van der Waals surface area contributed by atoms with Gasteiger partial charge in [-0.05, 0) is 47.6 Å². The van der Waals surface area contributed by atoms with Crippen LogP contribution in [0.15, 0.2) is 6.07 Å². The largest absolute Gasteiger partial charge is 0.493 e. The van der Waals surface area contributed by atoms with Crippen LogP contribution in [0.25, 0.3) is 0 Å². The fourth-order valence-corrected chi connectivity index (χ4v) is 2.24. The highest BCUT2D eigenvalue weighted by Gasteiger charge is 2.16. The first-order valence-electron chi connectivity index (χ1n) is 5.60. The van der Waals surface area contributed by atoms with Gasteiger partial charge in [-0.2, -0.15) is 0 Å². The first-order valence-corrected chi connectivity index (χ1v) is 6.68. The second kappa shape index (κ2) is 6.83. The minimum absolute atomic E-state index is 0.643. The van der Waals surface area contributed by atoms with Crippen molar-refractivity contribution < 1.29 is 14.3 Å². The monoisotopic (exact) mass is 348 g/mol. The van der Waals surface area contributed by atoms with Gasteiger partial charge in [0.05, 0.1) is 17.3 Å². The lowest BCUT2D eigenvalue weighted by Gasteiger charge is -2.15. The number of hydrogen-bond acceptors (Lipinski definition) is 3. The van der Waals surface area contributed by atoms with Crippen LogP contribution in [-0.2, 0) is 0 Å². The minimum Gasteiger partial charge on any atom is -0.493 e. The molecule has 0 unspecified atom stereocenters. The second-order valence-electron chi connectivity index (χ2n) is 3.78. The van der Waals surface area contributed by atoms with Crippen LogP contribution in [0.4, 0.5) is 0 Å². The number of carbonyl (C=O) groups excluding carboxylic acids is 1. The molecule has 4 heteroatoms. The number of aryl methyl sites for hydroxylation is 1. The van der Waals surface area contributed by atoms with Crippen LogP contribution in [0.5, 0.6) is 11.5 Å². The molecule has 0 saturated carbocycles. The molecule has 1 rings (SSSR count). The van der Waals surface area contributed by atoms with Crippen molar-refractivity contribution in [2.45, 2.75) is 26.7 Å². The molecule has 0 bridgehead atoms. The Hall–Kier alpha value is -0.780. The molecule has 0 aliphatic carbocycles. The van der Waals surface area contributed by atoms with Crippen molar-refractivity contribution in [1.29, 1.82) is 0 Å². The summed E-state index contributed by atoms with van der Waals surface area (Å²) < 4.78 is 11.9. The van der Waals surface area contributed by atoms with E-state index in [0.717, 1.165) is 34.0 Å². The average Bonchev–Trinajstić information content (AvgIpc) is 2.33. The second-order valence-corrected chi connectivity index (χ2v) is 4.86. The number of aldehydes is 1. The Balaban J connectivity index is 3.13. The zero-order valence-electron chi connectivity index (χ0n) is 10.4. The van der Waals surface area contributed by atoms with E-state index >= 15 is 0 Å². The third kappa shape index (κ3) is 3.34. The zero-order valence-corrected chi connectivity index (χ0v) is 12.5. The SMILES string of the molecule is CCCCOc1c(I)c(C=O)cc(C)c1OC. The molecule has 1 aromatic rings. The molecular formula is C13H17IO3. The Kier molecular flexibility index (Phi) is 5.74. The fraction of sp³-hybridized carbons (Fsp3) is 0.462. The molecule has 0 atom stereocenters. The highest BCUT2D eigenvalue weighted by molar-refractivity contribution is 14.1. The van der Waals surface area contributed by atoms with Crippen LogP contribution < -0.4 is 9.47 Å². The molecule has 3 nitrogen and oxygen atoms in total.